The van der Waals surface area contributed by atoms with Gasteiger partial charge in [-0.1, -0.05) is 6.07 Å². The molecule has 2 rings (SSSR count). The van der Waals surface area contributed by atoms with Crippen molar-refractivity contribution in [2.45, 2.75) is 6.10 Å². The summed E-state index contributed by atoms with van der Waals surface area (Å²) in [6.07, 6.45) is 2.74. The number of aliphatic hydroxyl groups is 1. The number of aromatic nitrogens is 1. The molecule has 0 bridgehead atoms. The van der Waals surface area contributed by atoms with Crippen molar-refractivity contribution < 1.29 is 14.2 Å². The third-order valence-electron chi connectivity index (χ3n) is 2.56. The van der Waals surface area contributed by atoms with Crippen LogP contribution in [-0.2, 0) is 4.74 Å². The summed E-state index contributed by atoms with van der Waals surface area (Å²) in [7, 11) is 1.49. The van der Waals surface area contributed by atoms with Crippen LogP contribution in [0.15, 0.2) is 42.7 Å². The van der Waals surface area contributed by atoms with Crippen molar-refractivity contribution in [1.82, 2.24) is 4.57 Å². The summed E-state index contributed by atoms with van der Waals surface area (Å²) in [6, 6.07) is 8.32. The van der Waals surface area contributed by atoms with Gasteiger partial charge in [0.1, 0.15) is 11.9 Å². The van der Waals surface area contributed by atoms with E-state index in [1.54, 1.807) is 29.1 Å². The predicted molar refractivity (Wildman–Crippen MR) is 62.6 cm³/mol. The minimum atomic E-state index is -0.798. The Morgan fingerprint density at radius 1 is 1.35 bits per heavy atom. The maximum absolute atomic E-state index is 13.8. The zero-order chi connectivity index (χ0) is 12.3. The molecule has 0 spiro atoms. The van der Waals surface area contributed by atoms with E-state index in [4.69, 9.17) is 4.74 Å². The number of methoxy groups -OCH3 is 1. The highest BCUT2D eigenvalue weighted by Crippen LogP contribution is 2.20. The SMILES string of the molecule is COC[C@H](O)c1ccc(-n2cccc2)c(F)c1. The molecule has 0 amide bonds. The van der Waals surface area contributed by atoms with E-state index in [9.17, 15) is 9.50 Å². The molecule has 17 heavy (non-hydrogen) atoms. The van der Waals surface area contributed by atoms with Gasteiger partial charge in [-0.2, -0.15) is 0 Å². The van der Waals surface area contributed by atoms with Crippen LogP contribution >= 0.6 is 0 Å². The second-order valence-electron chi connectivity index (χ2n) is 3.77. The van der Waals surface area contributed by atoms with E-state index >= 15 is 0 Å². The first-order valence-corrected chi connectivity index (χ1v) is 5.32. The molecule has 3 nitrogen and oxygen atoms in total. The molecule has 0 unspecified atom stereocenters. The summed E-state index contributed by atoms with van der Waals surface area (Å²) in [6.45, 7) is 0.155. The number of nitrogens with zero attached hydrogens (tertiary/aromatic N) is 1. The molecule has 0 fully saturated rings. The molecule has 1 atom stereocenters. The lowest BCUT2D eigenvalue weighted by Crippen LogP contribution is -2.06. The molecule has 0 saturated carbocycles. The number of rotatable bonds is 4. The van der Waals surface area contributed by atoms with Crippen molar-refractivity contribution in [1.29, 1.82) is 0 Å². The lowest BCUT2D eigenvalue weighted by atomic mass is 10.1. The molecule has 2 aromatic rings. The highest BCUT2D eigenvalue weighted by Gasteiger charge is 2.11. The minimum Gasteiger partial charge on any atom is -0.386 e. The van der Waals surface area contributed by atoms with Crippen LogP contribution in [-0.4, -0.2) is 23.4 Å². The average Bonchev–Trinajstić information content (AvgIpc) is 2.82. The summed E-state index contributed by atoms with van der Waals surface area (Å²) in [4.78, 5) is 0. The zero-order valence-electron chi connectivity index (χ0n) is 9.51. The van der Waals surface area contributed by atoms with Gasteiger partial charge < -0.3 is 14.4 Å². The van der Waals surface area contributed by atoms with E-state index in [0.29, 0.717) is 11.3 Å². The first-order chi connectivity index (χ1) is 8.22. The molecule has 1 N–H and O–H groups in total. The fourth-order valence-corrected chi connectivity index (χ4v) is 1.69. The summed E-state index contributed by atoms with van der Waals surface area (Å²) in [5.74, 6) is -0.367. The second-order valence-corrected chi connectivity index (χ2v) is 3.77. The molecule has 0 saturated heterocycles. The molecule has 0 aliphatic heterocycles. The van der Waals surface area contributed by atoms with Crippen LogP contribution in [0.3, 0.4) is 0 Å². The van der Waals surface area contributed by atoms with Crippen LogP contribution in [0.5, 0.6) is 0 Å². The van der Waals surface area contributed by atoms with Crippen molar-refractivity contribution in [3.63, 3.8) is 0 Å². The predicted octanol–water partition coefficient (Wildman–Crippen LogP) is 2.30. The molecule has 1 aromatic carbocycles. The molecule has 0 radical (unpaired) electrons. The third-order valence-corrected chi connectivity index (χ3v) is 2.56. The Hall–Kier alpha value is -1.65. The van der Waals surface area contributed by atoms with E-state index < -0.39 is 6.10 Å². The van der Waals surface area contributed by atoms with Crippen LogP contribution in [0.25, 0.3) is 5.69 Å². The highest BCUT2D eigenvalue weighted by atomic mass is 19.1. The standard InChI is InChI=1S/C13H14FNO2/c1-17-9-13(16)10-4-5-12(11(14)8-10)15-6-2-3-7-15/h2-8,13,16H,9H2,1H3/t13-/m0/s1. The first-order valence-electron chi connectivity index (χ1n) is 5.32. The van der Waals surface area contributed by atoms with Crippen molar-refractivity contribution in [2.75, 3.05) is 13.7 Å². The largest absolute Gasteiger partial charge is 0.386 e. The van der Waals surface area contributed by atoms with Gasteiger partial charge in [0.2, 0.25) is 0 Å². The first kappa shape index (κ1) is 11.8. The van der Waals surface area contributed by atoms with E-state index in [1.807, 2.05) is 12.1 Å². The molecule has 4 heteroatoms. The average molecular weight is 235 g/mol. The second kappa shape index (κ2) is 5.12. The Morgan fingerprint density at radius 3 is 2.65 bits per heavy atom. The highest BCUT2D eigenvalue weighted by molar-refractivity contribution is 5.37. The lowest BCUT2D eigenvalue weighted by molar-refractivity contribution is 0.0642. The van der Waals surface area contributed by atoms with E-state index in [0.717, 1.165) is 0 Å². The fraction of sp³-hybridized carbons (Fsp3) is 0.231. The molecular formula is C13H14FNO2. The van der Waals surface area contributed by atoms with Gasteiger partial charge >= 0.3 is 0 Å². The Morgan fingerprint density at radius 2 is 2.06 bits per heavy atom. The van der Waals surface area contributed by atoms with Crippen LogP contribution in [0.4, 0.5) is 4.39 Å². The van der Waals surface area contributed by atoms with Gasteiger partial charge in [-0.15, -0.1) is 0 Å². The van der Waals surface area contributed by atoms with Crippen LogP contribution in [0.2, 0.25) is 0 Å². The Kier molecular flexibility index (Phi) is 3.56. The third kappa shape index (κ3) is 2.54. The van der Waals surface area contributed by atoms with Gasteiger partial charge in [0.15, 0.2) is 0 Å². The van der Waals surface area contributed by atoms with Gasteiger partial charge in [0.25, 0.3) is 0 Å². The van der Waals surface area contributed by atoms with Gasteiger partial charge in [-0.25, -0.2) is 4.39 Å². The van der Waals surface area contributed by atoms with Crippen molar-refractivity contribution >= 4 is 0 Å². The number of aliphatic hydroxyl groups excluding tert-OH is 1. The molecule has 1 heterocycles. The van der Waals surface area contributed by atoms with Gasteiger partial charge in [-0.05, 0) is 29.8 Å². The number of halogens is 1. The molecule has 0 aliphatic carbocycles. The lowest BCUT2D eigenvalue weighted by Gasteiger charge is -2.12. The Bertz CT molecular complexity index is 482. The summed E-state index contributed by atoms with van der Waals surface area (Å²) in [5.41, 5.74) is 0.976. The van der Waals surface area contributed by atoms with Gasteiger partial charge in [0, 0.05) is 19.5 Å². The molecule has 1 aromatic heterocycles. The molecular weight excluding hydrogens is 221 g/mol. The normalized spacial score (nSPS) is 12.6. The van der Waals surface area contributed by atoms with Crippen molar-refractivity contribution in [3.8, 4) is 5.69 Å². The Labute approximate surface area is 99.1 Å². The minimum absolute atomic E-state index is 0.155. The smallest absolute Gasteiger partial charge is 0.147 e. The molecule has 0 aliphatic rings. The van der Waals surface area contributed by atoms with E-state index in [-0.39, 0.29) is 12.4 Å². The monoisotopic (exact) mass is 235 g/mol. The van der Waals surface area contributed by atoms with E-state index in [2.05, 4.69) is 0 Å². The summed E-state index contributed by atoms with van der Waals surface area (Å²) >= 11 is 0. The number of hydrogen-bond acceptors (Lipinski definition) is 2. The number of benzene rings is 1. The zero-order valence-corrected chi connectivity index (χ0v) is 9.51. The van der Waals surface area contributed by atoms with Crippen LogP contribution in [0, 0.1) is 5.82 Å². The Balaban J connectivity index is 2.29. The van der Waals surface area contributed by atoms with E-state index in [1.165, 1.54) is 13.2 Å². The molecule has 90 valence electrons. The van der Waals surface area contributed by atoms with Crippen molar-refractivity contribution in [2.24, 2.45) is 0 Å². The fourth-order valence-electron chi connectivity index (χ4n) is 1.69. The summed E-state index contributed by atoms with van der Waals surface area (Å²) in [5, 5.41) is 9.67. The maximum Gasteiger partial charge on any atom is 0.147 e. The quantitative estimate of drug-likeness (QED) is 0.882. The summed E-state index contributed by atoms with van der Waals surface area (Å²) < 4.78 is 20.3. The van der Waals surface area contributed by atoms with Crippen LogP contribution in [0.1, 0.15) is 11.7 Å². The van der Waals surface area contributed by atoms with Gasteiger partial charge in [-0.3, -0.25) is 0 Å². The maximum atomic E-state index is 13.8. The van der Waals surface area contributed by atoms with Crippen molar-refractivity contribution in [3.05, 3.63) is 54.1 Å². The number of hydrogen-bond donors (Lipinski definition) is 1. The topological polar surface area (TPSA) is 34.4 Å². The van der Waals surface area contributed by atoms with Crippen LogP contribution < -0.4 is 0 Å². The van der Waals surface area contributed by atoms with Gasteiger partial charge in [0.05, 0.1) is 12.3 Å². The number of ether oxygens (including phenoxy) is 1.